The first-order valence-electron chi connectivity index (χ1n) is 9.86. The van der Waals surface area contributed by atoms with Gasteiger partial charge in [0.15, 0.2) is 0 Å². The maximum atomic E-state index is 13.6. The van der Waals surface area contributed by atoms with Crippen molar-refractivity contribution in [3.05, 3.63) is 58.9 Å². The van der Waals surface area contributed by atoms with Gasteiger partial charge < -0.3 is 10.6 Å². The summed E-state index contributed by atoms with van der Waals surface area (Å²) in [5.74, 6) is -0.431. The standard InChI is InChI=1S/C21H25ClFN3O3S/c1-15-14-19(9-10-20(15)23)30(28,29)26-13-3-2-4-18(26)11-12-24-21(27)25-17-7-5-16(22)6-8-17/h5-10,14,18H,2-4,11-13H2,1H3,(H2,24,25,27)/t18-/m1/s1. The van der Waals surface area contributed by atoms with Crippen LogP contribution in [0.5, 0.6) is 0 Å². The summed E-state index contributed by atoms with van der Waals surface area (Å²) in [5.41, 5.74) is 0.913. The first-order valence-corrected chi connectivity index (χ1v) is 11.7. The Labute approximate surface area is 181 Å². The molecular formula is C21H25ClFN3O3S. The summed E-state index contributed by atoms with van der Waals surface area (Å²) in [7, 11) is -3.73. The molecule has 1 aliphatic rings. The number of nitrogens with one attached hydrogen (secondary N) is 2. The topological polar surface area (TPSA) is 78.5 Å². The average molecular weight is 454 g/mol. The van der Waals surface area contributed by atoms with Crippen molar-refractivity contribution in [1.29, 1.82) is 0 Å². The number of sulfonamides is 1. The van der Waals surface area contributed by atoms with Crippen molar-refractivity contribution in [3.8, 4) is 0 Å². The highest BCUT2D eigenvalue weighted by Crippen LogP contribution is 2.27. The lowest BCUT2D eigenvalue weighted by atomic mass is 10.0. The zero-order valence-electron chi connectivity index (χ0n) is 16.7. The highest BCUT2D eigenvalue weighted by atomic mass is 35.5. The van der Waals surface area contributed by atoms with Gasteiger partial charge in [-0.05, 0) is 74.2 Å². The smallest absolute Gasteiger partial charge is 0.319 e. The van der Waals surface area contributed by atoms with Crippen molar-refractivity contribution in [3.63, 3.8) is 0 Å². The number of benzene rings is 2. The molecule has 30 heavy (non-hydrogen) atoms. The van der Waals surface area contributed by atoms with E-state index in [-0.39, 0.29) is 17.0 Å². The minimum atomic E-state index is -3.73. The summed E-state index contributed by atoms with van der Waals surface area (Å²) in [6, 6.07) is 10.0. The Kier molecular flexibility index (Phi) is 7.33. The lowest BCUT2D eigenvalue weighted by molar-refractivity contribution is 0.234. The number of aryl methyl sites for hydroxylation is 1. The number of carbonyl (C=O) groups is 1. The minimum Gasteiger partial charge on any atom is -0.338 e. The number of halogens is 2. The molecule has 1 heterocycles. The predicted molar refractivity (Wildman–Crippen MR) is 116 cm³/mol. The summed E-state index contributed by atoms with van der Waals surface area (Å²) in [5, 5.41) is 6.06. The van der Waals surface area contributed by atoms with Crippen molar-refractivity contribution >= 4 is 33.3 Å². The van der Waals surface area contributed by atoms with Crippen LogP contribution < -0.4 is 10.6 Å². The van der Waals surface area contributed by atoms with Gasteiger partial charge in [0.2, 0.25) is 10.0 Å². The van der Waals surface area contributed by atoms with Gasteiger partial charge in [0, 0.05) is 29.8 Å². The van der Waals surface area contributed by atoms with Crippen molar-refractivity contribution in [2.24, 2.45) is 0 Å². The zero-order chi connectivity index (χ0) is 21.7. The third kappa shape index (κ3) is 5.50. The van der Waals surface area contributed by atoms with E-state index in [1.807, 2.05) is 0 Å². The Morgan fingerprint density at radius 2 is 1.93 bits per heavy atom. The fraction of sp³-hybridized carbons (Fsp3) is 0.381. The second kappa shape index (κ2) is 9.76. The Morgan fingerprint density at radius 1 is 1.20 bits per heavy atom. The van der Waals surface area contributed by atoms with Gasteiger partial charge in [0.1, 0.15) is 5.82 Å². The van der Waals surface area contributed by atoms with Gasteiger partial charge in [0.05, 0.1) is 4.90 Å². The van der Waals surface area contributed by atoms with Crippen LogP contribution in [0.2, 0.25) is 5.02 Å². The first-order chi connectivity index (χ1) is 14.3. The number of hydrogen-bond acceptors (Lipinski definition) is 3. The molecular weight excluding hydrogens is 429 g/mol. The molecule has 2 N–H and O–H groups in total. The molecule has 1 atom stereocenters. The van der Waals surface area contributed by atoms with Crippen molar-refractivity contribution < 1.29 is 17.6 Å². The molecule has 0 radical (unpaired) electrons. The van der Waals surface area contributed by atoms with E-state index < -0.39 is 15.8 Å². The normalized spacial score (nSPS) is 17.5. The first kappa shape index (κ1) is 22.5. The van der Waals surface area contributed by atoms with Crippen molar-refractivity contribution in [2.45, 2.75) is 43.5 Å². The summed E-state index contributed by atoms with van der Waals surface area (Å²) in [6.07, 6.45) is 2.92. The highest BCUT2D eigenvalue weighted by molar-refractivity contribution is 7.89. The van der Waals surface area contributed by atoms with Gasteiger partial charge in [0.25, 0.3) is 0 Å². The molecule has 9 heteroatoms. The van der Waals surface area contributed by atoms with E-state index in [0.717, 1.165) is 19.3 Å². The van der Waals surface area contributed by atoms with Crippen LogP contribution in [-0.2, 0) is 10.0 Å². The summed E-state index contributed by atoms with van der Waals surface area (Å²) in [4.78, 5) is 12.2. The fourth-order valence-corrected chi connectivity index (χ4v) is 5.49. The van der Waals surface area contributed by atoms with Gasteiger partial charge in [-0.1, -0.05) is 18.0 Å². The highest BCUT2D eigenvalue weighted by Gasteiger charge is 2.33. The van der Waals surface area contributed by atoms with E-state index in [1.54, 1.807) is 31.2 Å². The fourth-order valence-electron chi connectivity index (χ4n) is 3.55. The molecule has 0 spiro atoms. The molecule has 2 amide bonds. The zero-order valence-corrected chi connectivity index (χ0v) is 18.3. The summed E-state index contributed by atoms with van der Waals surface area (Å²) < 4.78 is 41.3. The molecule has 1 fully saturated rings. The van der Waals surface area contributed by atoms with Crippen LogP contribution in [0.25, 0.3) is 0 Å². The van der Waals surface area contributed by atoms with Crippen LogP contribution in [0, 0.1) is 12.7 Å². The molecule has 0 unspecified atom stereocenters. The van der Waals surface area contributed by atoms with E-state index >= 15 is 0 Å². The Hall–Kier alpha value is -2.16. The molecule has 0 aromatic heterocycles. The molecule has 2 aromatic rings. The second-order valence-electron chi connectivity index (χ2n) is 7.35. The molecule has 6 nitrogen and oxygen atoms in total. The number of urea groups is 1. The Balaban J connectivity index is 1.60. The van der Waals surface area contributed by atoms with Gasteiger partial charge >= 0.3 is 6.03 Å². The molecule has 162 valence electrons. The average Bonchev–Trinajstić information content (AvgIpc) is 2.72. The van der Waals surface area contributed by atoms with Crippen LogP contribution in [0.15, 0.2) is 47.4 Å². The number of piperidine rings is 1. The number of carbonyl (C=O) groups excluding carboxylic acids is 1. The minimum absolute atomic E-state index is 0.0988. The van der Waals surface area contributed by atoms with E-state index in [4.69, 9.17) is 11.6 Å². The van der Waals surface area contributed by atoms with Crippen LogP contribution in [0.3, 0.4) is 0 Å². The van der Waals surface area contributed by atoms with E-state index in [2.05, 4.69) is 10.6 Å². The van der Waals surface area contributed by atoms with E-state index in [9.17, 15) is 17.6 Å². The summed E-state index contributed by atoms with van der Waals surface area (Å²) in [6.45, 7) is 2.30. The van der Waals surface area contributed by atoms with Crippen LogP contribution in [0.4, 0.5) is 14.9 Å². The number of anilines is 1. The second-order valence-corrected chi connectivity index (χ2v) is 9.68. The third-order valence-corrected chi connectivity index (χ3v) is 7.37. The van der Waals surface area contributed by atoms with Gasteiger partial charge in [-0.15, -0.1) is 0 Å². The van der Waals surface area contributed by atoms with Crippen LogP contribution in [0.1, 0.15) is 31.2 Å². The number of rotatable bonds is 6. The Morgan fingerprint density at radius 3 is 2.63 bits per heavy atom. The number of hydrogen-bond donors (Lipinski definition) is 2. The maximum absolute atomic E-state index is 13.6. The lowest BCUT2D eigenvalue weighted by Gasteiger charge is -2.34. The molecule has 2 aromatic carbocycles. The SMILES string of the molecule is Cc1cc(S(=O)(=O)N2CCCC[C@@H]2CCNC(=O)Nc2ccc(Cl)cc2)ccc1F. The van der Waals surface area contributed by atoms with Crippen molar-refractivity contribution in [1.82, 2.24) is 9.62 Å². The Bertz CT molecular complexity index is 999. The predicted octanol–water partition coefficient (Wildman–Crippen LogP) is 4.54. The largest absolute Gasteiger partial charge is 0.338 e. The van der Waals surface area contributed by atoms with E-state index in [1.165, 1.54) is 22.5 Å². The maximum Gasteiger partial charge on any atom is 0.319 e. The number of nitrogens with zero attached hydrogens (tertiary/aromatic N) is 1. The van der Waals surface area contributed by atoms with Gasteiger partial charge in [-0.3, -0.25) is 0 Å². The molecule has 1 aliphatic heterocycles. The van der Waals surface area contributed by atoms with Crippen LogP contribution in [-0.4, -0.2) is 37.9 Å². The summed E-state index contributed by atoms with van der Waals surface area (Å²) >= 11 is 5.83. The quantitative estimate of drug-likeness (QED) is 0.673. The molecule has 3 rings (SSSR count). The molecule has 0 bridgehead atoms. The van der Waals surface area contributed by atoms with Crippen molar-refractivity contribution in [2.75, 3.05) is 18.4 Å². The van der Waals surface area contributed by atoms with E-state index in [0.29, 0.717) is 35.8 Å². The van der Waals surface area contributed by atoms with Crippen LogP contribution >= 0.6 is 11.6 Å². The van der Waals surface area contributed by atoms with Gasteiger partial charge in [-0.25, -0.2) is 17.6 Å². The monoisotopic (exact) mass is 453 g/mol. The molecule has 0 aliphatic carbocycles. The number of amides is 2. The third-order valence-electron chi connectivity index (χ3n) is 5.17. The molecule has 1 saturated heterocycles. The van der Waals surface area contributed by atoms with Gasteiger partial charge in [-0.2, -0.15) is 4.31 Å². The molecule has 0 saturated carbocycles. The lowest BCUT2D eigenvalue weighted by Crippen LogP contribution is -2.45.